The molecule has 1 aromatic carbocycles. The Balaban J connectivity index is 1.57. The summed E-state index contributed by atoms with van der Waals surface area (Å²) in [6.45, 7) is 0.704. The molecule has 0 atom stereocenters. The van der Waals surface area contributed by atoms with Crippen molar-refractivity contribution in [1.82, 2.24) is 19.6 Å². The standard InChI is InChI=1S/C15H16N6O/c1-20-11-14(9-17-20)19-15(22)18-13-5-3-12(4-6-13)10-21-8-2-7-16-21/h2-9,11H,10H2,1H3,(H2,18,19,22). The number of urea groups is 1. The van der Waals surface area contributed by atoms with Crippen molar-refractivity contribution in [1.29, 1.82) is 0 Å². The van der Waals surface area contributed by atoms with E-state index in [0.717, 1.165) is 11.3 Å². The molecule has 2 aromatic heterocycles. The second kappa shape index (κ2) is 6.13. The largest absolute Gasteiger partial charge is 0.323 e. The van der Waals surface area contributed by atoms with E-state index in [2.05, 4.69) is 20.8 Å². The van der Waals surface area contributed by atoms with Gasteiger partial charge in [-0.2, -0.15) is 10.2 Å². The van der Waals surface area contributed by atoms with Gasteiger partial charge in [0.15, 0.2) is 0 Å². The SMILES string of the molecule is Cn1cc(NC(=O)Nc2ccc(Cn3cccn3)cc2)cn1. The molecule has 0 unspecified atom stereocenters. The first-order valence-electron chi connectivity index (χ1n) is 6.82. The highest BCUT2D eigenvalue weighted by atomic mass is 16.2. The summed E-state index contributed by atoms with van der Waals surface area (Å²) in [6.07, 6.45) is 6.98. The van der Waals surface area contributed by atoms with E-state index in [9.17, 15) is 4.79 Å². The molecule has 2 heterocycles. The highest BCUT2D eigenvalue weighted by molar-refractivity contribution is 5.99. The summed E-state index contributed by atoms with van der Waals surface area (Å²) in [7, 11) is 1.79. The zero-order valence-electron chi connectivity index (χ0n) is 12.1. The minimum Gasteiger partial charge on any atom is -0.308 e. The van der Waals surface area contributed by atoms with Gasteiger partial charge < -0.3 is 10.6 Å². The number of aryl methyl sites for hydroxylation is 1. The highest BCUT2D eigenvalue weighted by Crippen LogP contribution is 2.11. The summed E-state index contributed by atoms with van der Waals surface area (Å²) in [5.74, 6) is 0. The van der Waals surface area contributed by atoms with Crippen molar-refractivity contribution in [3.05, 3.63) is 60.7 Å². The van der Waals surface area contributed by atoms with E-state index >= 15 is 0 Å². The van der Waals surface area contributed by atoms with Crippen molar-refractivity contribution < 1.29 is 4.79 Å². The van der Waals surface area contributed by atoms with Crippen LogP contribution in [0.15, 0.2) is 55.1 Å². The molecule has 0 aliphatic heterocycles. The molecule has 0 spiro atoms. The van der Waals surface area contributed by atoms with Crippen molar-refractivity contribution in [3.63, 3.8) is 0 Å². The highest BCUT2D eigenvalue weighted by Gasteiger charge is 2.04. The number of rotatable bonds is 4. The normalized spacial score (nSPS) is 10.4. The van der Waals surface area contributed by atoms with E-state index in [1.807, 2.05) is 41.2 Å². The molecule has 3 rings (SSSR count). The summed E-state index contributed by atoms with van der Waals surface area (Å²) < 4.78 is 3.47. The Labute approximate surface area is 127 Å². The Bertz CT molecular complexity index is 745. The summed E-state index contributed by atoms with van der Waals surface area (Å²) in [5.41, 5.74) is 2.49. The van der Waals surface area contributed by atoms with Crippen LogP contribution in [0.1, 0.15) is 5.56 Å². The van der Waals surface area contributed by atoms with Gasteiger partial charge in [-0.05, 0) is 23.8 Å². The molecule has 112 valence electrons. The Morgan fingerprint density at radius 1 is 1.14 bits per heavy atom. The lowest BCUT2D eigenvalue weighted by atomic mass is 10.2. The number of nitrogens with one attached hydrogen (secondary N) is 2. The van der Waals surface area contributed by atoms with Gasteiger partial charge in [0.05, 0.1) is 18.4 Å². The fourth-order valence-electron chi connectivity index (χ4n) is 2.05. The summed E-state index contributed by atoms with van der Waals surface area (Å²) in [6, 6.07) is 9.23. The maximum atomic E-state index is 11.9. The van der Waals surface area contributed by atoms with Gasteiger partial charge in [-0.25, -0.2) is 4.79 Å². The second-order valence-electron chi connectivity index (χ2n) is 4.88. The van der Waals surface area contributed by atoms with E-state index in [-0.39, 0.29) is 6.03 Å². The fraction of sp³-hybridized carbons (Fsp3) is 0.133. The molecule has 0 saturated carbocycles. The first-order chi connectivity index (χ1) is 10.7. The van der Waals surface area contributed by atoms with Crippen LogP contribution in [0.25, 0.3) is 0 Å². The zero-order chi connectivity index (χ0) is 15.4. The molecule has 7 nitrogen and oxygen atoms in total. The van der Waals surface area contributed by atoms with Gasteiger partial charge in [-0.15, -0.1) is 0 Å². The van der Waals surface area contributed by atoms with Crippen LogP contribution in [0.3, 0.4) is 0 Å². The molecule has 2 N–H and O–H groups in total. The zero-order valence-corrected chi connectivity index (χ0v) is 12.1. The molecular weight excluding hydrogens is 280 g/mol. The minimum absolute atomic E-state index is 0.298. The van der Waals surface area contributed by atoms with Gasteiger partial charge in [0.25, 0.3) is 0 Å². The fourth-order valence-corrected chi connectivity index (χ4v) is 2.05. The molecule has 7 heteroatoms. The van der Waals surface area contributed by atoms with E-state index in [4.69, 9.17) is 0 Å². The molecule has 2 amide bonds. The third-order valence-corrected chi connectivity index (χ3v) is 3.08. The number of hydrogen-bond donors (Lipinski definition) is 2. The van der Waals surface area contributed by atoms with Crippen molar-refractivity contribution in [2.24, 2.45) is 7.05 Å². The first kappa shape index (κ1) is 13.9. The Hall–Kier alpha value is -3.09. The van der Waals surface area contributed by atoms with Crippen LogP contribution in [0.5, 0.6) is 0 Å². The Morgan fingerprint density at radius 3 is 2.55 bits per heavy atom. The number of carbonyl (C=O) groups excluding carboxylic acids is 1. The maximum absolute atomic E-state index is 11.9. The van der Waals surface area contributed by atoms with E-state index in [1.54, 1.807) is 30.3 Å². The number of aromatic nitrogens is 4. The van der Waals surface area contributed by atoms with Crippen LogP contribution in [0.4, 0.5) is 16.2 Å². The molecule has 0 radical (unpaired) electrons. The minimum atomic E-state index is -0.298. The van der Waals surface area contributed by atoms with Crippen LogP contribution < -0.4 is 10.6 Å². The Morgan fingerprint density at radius 2 is 1.91 bits per heavy atom. The van der Waals surface area contributed by atoms with Crippen LogP contribution >= 0.6 is 0 Å². The molecule has 22 heavy (non-hydrogen) atoms. The molecule has 0 aliphatic rings. The number of amides is 2. The first-order valence-corrected chi connectivity index (χ1v) is 6.82. The third-order valence-electron chi connectivity index (χ3n) is 3.08. The van der Waals surface area contributed by atoms with Gasteiger partial charge in [0.2, 0.25) is 0 Å². The van der Waals surface area contributed by atoms with E-state index in [1.165, 1.54) is 0 Å². The number of anilines is 2. The molecular formula is C15H16N6O. The summed E-state index contributed by atoms with van der Waals surface area (Å²) >= 11 is 0. The van der Waals surface area contributed by atoms with E-state index in [0.29, 0.717) is 12.2 Å². The lowest BCUT2D eigenvalue weighted by Crippen LogP contribution is -2.19. The van der Waals surface area contributed by atoms with Crippen LogP contribution in [-0.2, 0) is 13.6 Å². The smallest absolute Gasteiger partial charge is 0.308 e. The number of hydrogen-bond acceptors (Lipinski definition) is 3. The third kappa shape index (κ3) is 3.51. The number of nitrogens with zero attached hydrogens (tertiary/aromatic N) is 4. The van der Waals surface area contributed by atoms with Gasteiger partial charge in [0, 0.05) is 31.3 Å². The Kier molecular flexibility index (Phi) is 3.86. The molecule has 0 bridgehead atoms. The van der Waals surface area contributed by atoms with Crippen molar-refractivity contribution in [2.45, 2.75) is 6.54 Å². The van der Waals surface area contributed by atoms with Crippen molar-refractivity contribution in [3.8, 4) is 0 Å². The second-order valence-corrected chi connectivity index (χ2v) is 4.88. The molecule has 3 aromatic rings. The van der Waals surface area contributed by atoms with E-state index < -0.39 is 0 Å². The van der Waals surface area contributed by atoms with Crippen LogP contribution in [0.2, 0.25) is 0 Å². The number of carbonyl (C=O) groups is 1. The van der Waals surface area contributed by atoms with Crippen LogP contribution in [0, 0.1) is 0 Å². The number of benzene rings is 1. The van der Waals surface area contributed by atoms with Crippen molar-refractivity contribution >= 4 is 17.4 Å². The monoisotopic (exact) mass is 296 g/mol. The van der Waals surface area contributed by atoms with Gasteiger partial charge >= 0.3 is 6.03 Å². The molecule has 0 aliphatic carbocycles. The summed E-state index contributed by atoms with van der Waals surface area (Å²) in [5, 5.41) is 13.6. The maximum Gasteiger partial charge on any atom is 0.323 e. The lowest BCUT2D eigenvalue weighted by molar-refractivity contribution is 0.262. The molecule has 0 fully saturated rings. The quantitative estimate of drug-likeness (QED) is 0.775. The van der Waals surface area contributed by atoms with Crippen molar-refractivity contribution in [2.75, 3.05) is 10.6 Å². The average Bonchev–Trinajstić information content (AvgIpc) is 3.13. The predicted octanol–water partition coefficient (Wildman–Crippen LogP) is 2.31. The molecule has 0 saturated heterocycles. The van der Waals surface area contributed by atoms with Gasteiger partial charge in [0.1, 0.15) is 0 Å². The lowest BCUT2D eigenvalue weighted by Gasteiger charge is -2.07. The predicted molar refractivity (Wildman–Crippen MR) is 83.6 cm³/mol. The summed E-state index contributed by atoms with van der Waals surface area (Å²) in [4.78, 5) is 11.9. The van der Waals surface area contributed by atoms with Gasteiger partial charge in [-0.3, -0.25) is 9.36 Å². The van der Waals surface area contributed by atoms with Gasteiger partial charge in [-0.1, -0.05) is 12.1 Å². The van der Waals surface area contributed by atoms with Crippen LogP contribution in [-0.4, -0.2) is 25.6 Å². The average molecular weight is 296 g/mol. The topological polar surface area (TPSA) is 76.8 Å².